The van der Waals surface area contributed by atoms with Crippen LogP contribution in [0.3, 0.4) is 0 Å². The van der Waals surface area contributed by atoms with Crippen LogP contribution >= 0.6 is 0 Å². The Kier molecular flexibility index (Phi) is 1.63. The Morgan fingerprint density at radius 2 is 2.64 bits per heavy atom. The van der Waals surface area contributed by atoms with Crippen molar-refractivity contribution in [1.82, 2.24) is 15.6 Å². The molecule has 11 heavy (non-hydrogen) atoms. The van der Waals surface area contributed by atoms with Crippen molar-refractivity contribution in [3.8, 4) is 0 Å². The summed E-state index contributed by atoms with van der Waals surface area (Å²) in [7, 11) is 0. The van der Waals surface area contributed by atoms with Crippen molar-refractivity contribution < 1.29 is 0 Å². The maximum Gasteiger partial charge on any atom is 0.0522 e. The fourth-order valence-electron chi connectivity index (χ4n) is 1.56. The Balaban J connectivity index is 2.18. The molecule has 1 aliphatic rings. The lowest BCUT2D eigenvalue weighted by Crippen LogP contribution is -2.39. The number of fused-ring (bicyclic) bond motifs is 1. The number of nitrogens with one attached hydrogen (secondary N) is 2. The minimum atomic E-state index is 0.431. The van der Waals surface area contributed by atoms with Gasteiger partial charge in [-0.25, -0.2) is 0 Å². The van der Waals surface area contributed by atoms with E-state index < -0.39 is 0 Å². The Morgan fingerprint density at radius 3 is 3.45 bits per heavy atom. The number of nitrogens with two attached hydrogens (primary N) is 1. The SMILES string of the molecule is NN[C@H]1CCc2[nH]ncc2C1. The molecule has 0 fully saturated rings. The molecule has 4 nitrogen and oxygen atoms in total. The molecule has 1 aromatic heterocycles. The second kappa shape index (κ2) is 2.64. The first-order valence-corrected chi connectivity index (χ1v) is 3.87. The molecular formula is C7H12N4. The van der Waals surface area contributed by atoms with E-state index in [-0.39, 0.29) is 0 Å². The van der Waals surface area contributed by atoms with Crippen molar-refractivity contribution in [2.45, 2.75) is 25.3 Å². The highest BCUT2D eigenvalue weighted by Gasteiger charge is 2.18. The lowest BCUT2D eigenvalue weighted by atomic mass is 9.94. The zero-order chi connectivity index (χ0) is 7.68. The molecule has 0 saturated carbocycles. The van der Waals surface area contributed by atoms with Gasteiger partial charge in [0.25, 0.3) is 0 Å². The summed E-state index contributed by atoms with van der Waals surface area (Å²) < 4.78 is 0. The number of H-pyrrole nitrogens is 1. The summed E-state index contributed by atoms with van der Waals surface area (Å²) in [6.07, 6.45) is 5.05. The van der Waals surface area contributed by atoms with Crippen molar-refractivity contribution in [1.29, 1.82) is 0 Å². The van der Waals surface area contributed by atoms with E-state index >= 15 is 0 Å². The molecule has 1 heterocycles. The van der Waals surface area contributed by atoms with Gasteiger partial charge in [0.2, 0.25) is 0 Å². The standard InChI is InChI=1S/C7H12N4/c8-10-6-1-2-7-5(3-6)4-9-11-7/h4,6,10H,1-3,8H2,(H,9,11)/t6-/m0/s1. The second-order valence-electron chi connectivity index (χ2n) is 2.98. The molecule has 0 radical (unpaired) electrons. The van der Waals surface area contributed by atoms with E-state index in [1.807, 2.05) is 6.20 Å². The van der Waals surface area contributed by atoms with Crippen molar-refractivity contribution >= 4 is 0 Å². The number of rotatable bonds is 1. The van der Waals surface area contributed by atoms with Crippen LogP contribution in [0.5, 0.6) is 0 Å². The molecule has 0 spiro atoms. The number of hydrazine groups is 1. The van der Waals surface area contributed by atoms with E-state index in [9.17, 15) is 0 Å². The highest BCUT2D eigenvalue weighted by Crippen LogP contribution is 2.17. The van der Waals surface area contributed by atoms with Gasteiger partial charge in [-0.05, 0) is 24.8 Å². The second-order valence-corrected chi connectivity index (χ2v) is 2.98. The molecule has 0 saturated heterocycles. The zero-order valence-electron chi connectivity index (χ0n) is 6.30. The molecule has 4 heteroatoms. The minimum absolute atomic E-state index is 0.431. The quantitative estimate of drug-likeness (QED) is 0.383. The van der Waals surface area contributed by atoms with Crippen LogP contribution in [-0.2, 0) is 12.8 Å². The smallest absolute Gasteiger partial charge is 0.0522 e. The number of hydrogen-bond donors (Lipinski definition) is 3. The van der Waals surface area contributed by atoms with E-state index in [0.717, 1.165) is 19.3 Å². The zero-order valence-corrected chi connectivity index (χ0v) is 6.30. The Labute approximate surface area is 65.1 Å². The van der Waals surface area contributed by atoms with E-state index in [2.05, 4.69) is 15.6 Å². The lowest BCUT2D eigenvalue weighted by Gasteiger charge is -2.20. The number of hydrogen-bond acceptors (Lipinski definition) is 3. The predicted molar refractivity (Wildman–Crippen MR) is 41.7 cm³/mol. The molecule has 2 rings (SSSR count). The summed E-state index contributed by atoms with van der Waals surface area (Å²) in [6.45, 7) is 0. The van der Waals surface area contributed by atoms with E-state index in [4.69, 9.17) is 5.84 Å². The third-order valence-electron chi connectivity index (χ3n) is 2.25. The normalized spacial score (nSPS) is 23.2. The van der Waals surface area contributed by atoms with Crippen LogP contribution in [0.1, 0.15) is 17.7 Å². The van der Waals surface area contributed by atoms with Gasteiger partial charge >= 0.3 is 0 Å². The molecule has 4 N–H and O–H groups in total. The molecule has 1 aromatic rings. The third kappa shape index (κ3) is 1.15. The Morgan fingerprint density at radius 1 is 1.73 bits per heavy atom. The monoisotopic (exact) mass is 152 g/mol. The van der Waals surface area contributed by atoms with Gasteiger partial charge in [-0.3, -0.25) is 16.4 Å². The number of aryl methyl sites for hydroxylation is 1. The average Bonchev–Trinajstić information content (AvgIpc) is 2.50. The Bertz CT molecular complexity index is 242. The van der Waals surface area contributed by atoms with E-state index in [1.165, 1.54) is 11.3 Å². The average molecular weight is 152 g/mol. The van der Waals surface area contributed by atoms with E-state index in [1.54, 1.807) is 0 Å². The van der Waals surface area contributed by atoms with Crippen LogP contribution < -0.4 is 11.3 Å². The number of nitrogens with zero attached hydrogens (tertiary/aromatic N) is 1. The molecule has 1 aliphatic carbocycles. The van der Waals surface area contributed by atoms with Crippen LogP contribution in [0, 0.1) is 0 Å². The third-order valence-corrected chi connectivity index (χ3v) is 2.25. The van der Waals surface area contributed by atoms with Crippen molar-refractivity contribution in [3.05, 3.63) is 17.5 Å². The molecule has 0 aromatic carbocycles. The first-order chi connectivity index (χ1) is 5.40. The predicted octanol–water partition coefficient (Wildman–Crippen LogP) is -0.270. The molecule has 0 bridgehead atoms. The van der Waals surface area contributed by atoms with Gasteiger partial charge in [0.05, 0.1) is 6.20 Å². The first kappa shape index (κ1) is 6.82. The van der Waals surface area contributed by atoms with Crippen LogP contribution in [-0.4, -0.2) is 16.2 Å². The summed E-state index contributed by atoms with van der Waals surface area (Å²) >= 11 is 0. The highest BCUT2D eigenvalue weighted by molar-refractivity contribution is 5.20. The molecule has 0 amide bonds. The van der Waals surface area contributed by atoms with E-state index in [0.29, 0.717) is 6.04 Å². The number of aromatic nitrogens is 2. The van der Waals surface area contributed by atoms with Crippen molar-refractivity contribution in [2.24, 2.45) is 5.84 Å². The highest BCUT2D eigenvalue weighted by atomic mass is 15.2. The molecule has 60 valence electrons. The number of aromatic amines is 1. The Hall–Kier alpha value is -0.870. The van der Waals surface area contributed by atoms with Crippen LogP contribution in [0.2, 0.25) is 0 Å². The van der Waals surface area contributed by atoms with Gasteiger partial charge in [0, 0.05) is 11.7 Å². The minimum Gasteiger partial charge on any atom is -0.282 e. The van der Waals surface area contributed by atoms with Gasteiger partial charge in [-0.15, -0.1) is 0 Å². The largest absolute Gasteiger partial charge is 0.282 e. The summed E-state index contributed by atoms with van der Waals surface area (Å²) in [5.74, 6) is 5.35. The van der Waals surface area contributed by atoms with Crippen molar-refractivity contribution in [2.75, 3.05) is 0 Å². The van der Waals surface area contributed by atoms with Crippen LogP contribution in [0.15, 0.2) is 6.20 Å². The van der Waals surface area contributed by atoms with Gasteiger partial charge in [-0.2, -0.15) is 5.10 Å². The maximum absolute atomic E-state index is 5.35. The topological polar surface area (TPSA) is 66.7 Å². The molecule has 0 aliphatic heterocycles. The van der Waals surface area contributed by atoms with Crippen molar-refractivity contribution in [3.63, 3.8) is 0 Å². The molecule has 0 unspecified atom stereocenters. The first-order valence-electron chi connectivity index (χ1n) is 3.87. The molecular weight excluding hydrogens is 140 g/mol. The van der Waals surface area contributed by atoms with Gasteiger partial charge in [-0.1, -0.05) is 0 Å². The maximum atomic E-state index is 5.35. The van der Waals surface area contributed by atoms with Crippen LogP contribution in [0.4, 0.5) is 0 Å². The summed E-state index contributed by atoms with van der Waals surface area (Å²) in [6, 6.07) is 0.431. The fourth-order valence-corrected chi connectivity index (χ4v) is 1.56. The summed E-state index contributed by atoms with van der Waals surface area (Å²) in [4.78, 5) is 0. The fraction of sp³-hybridized carbons (Fsp3) is 0.571. The van der Waals surface area contributed by atoms with Gasteiger partial charge < -0.3 is 0 Å². The van der Waals surface area contributed by atoms with Gasteiger partial charge in [0.1, 0.15) is 0 Å². The summed E-state index contributed by atoms with van der Waals surface area (Å²) in [5, 5.41) is 6.96. The van der Waals surface area contributed by atoms with Gasteiger partial charge in [0.15, 0.2) is 0 Å². The van der Waals surface area contributed by atoms with Crippen LogP contribution in [0.25, 0.3) is 0 Å². The summed E-state index contributed by atoms with van der Waals surface area (Å²) in [5.41, 5.74) is 5.37. The molecule has 1 atom stereocenters. The lowest BCUT2D eigenvalue weighted by molar-refractivity contribution is 0.468.